The maximum absolute atomic E-state index is 13.5. The monoisotopic (exact) mass is 1170 g/mol. The van der Waals surface area contributed by atoms with Gasteiger partial charge >= 0.3 is 5.97 Å². The molecular weight excluding hydrogens is 1040 g/mol. The third kappa shape index (κ3) is 46.7. The van der Waals surface area contributed by atoms with Crippen LogP contribution in [0.2, 0.25) is 0 Å². The summed E-state index contributed by atoms with van der Waals surface area (Å²) in [6.07, 6.45) is 67.6. The first-order valence-corrected chi connectivity index (χ1v) is 34.4. The molecule has 11 nitrogen and oxygen atoms in total. The molecule has 8 atom stereocenters. The van der Waals surface area contributed by atoms with Gasteiger partial charge in [0.05, 0.1) is 25.4 Å². The second-order valence-electron chi connectivity index (χ2n) is 23.5. The van der Waals surface area contributed by atoms with Crippen LogP contribution in [0.3, 0.4) is 0 Å². The summed E-state index contributed by atoms with van der Waals surface area (Å²) in [5, 5.41) is 57.2. The summed E-state index contributed by atoms with van der Waals surface area (Å²) in [5.74, 6) is -1.20. The number of nitrogens with one attached hydrogen (secondary N) is 1. The van der Waals surface area contributed by atoms with Gasteiger partial charge in [0.2, 0.25) is 5.91 Å². The van der Waals surface area contributed by atoms with E-state index in [1.807, 2.05) is 6.08 Å². The predicted octanol–water partition coefficient (Wildman–Crippen LogP) is 17.3. The predicted molar refractivity (Wildman–Crippen MR) is 347 cm³/mol. The third-order valence-corrected chi connectivity index (χ3v) is 15.8. The minimum Gasteiger partial charge on any atom is -0.454 e. The van der Waals surface area contributed by atoms with Gasteiger partial charge in [-0.1, -0.05) is 298 Å². The molecule has 1 fully saturated rings. The quantitative estimate of drug-likeness (QED) is 0.0195. The van der Waals surface area contributed by atoms with Crippen molar-refractivity contribution in [2.45, 2.75) is 346 Å². The topological polar surface area (TPSA) is 175 Å². The Bertz CT molecular complexity index is 1670. The maximum atomic E-state index is 13.5. The van der Waals surface area contributed by atoms with Crippen LogP contribution in [0.1, 0.15) is 297 Å². The van der Waals surface area contributed by atoms with Crippen molar-refractivity contribution in [1.82, 2.24) is 5.32 Å². The number of aliphatic hydroxyl groups is 5. The van der Waals surface area contributed by atoms with Crippen molar-refractivity contribution in [3.05, 3.63) is 85.1 Å². The third-order valence-electron chi connectivity index (χ3n) is 15.8. The number of hydrogen-bond acceptors (Lipinski definition) is 10. The van der Waals surface area contributed by atoms with Gasteiger partial charge in [-0.25, -0.2) is 0 Å². The smallest absolute Gasteiger partial charge is 0.306 e. The summed E-state index contributed by atoms with van der Waals surface area (Å²) in [7, 11) is 0. The van der Waals surface area contributed by atoms with Gasteiger partial charge in [-0.2, -0.15) is 0 Å². The summed E-state index contributed by atoms with van der Waals surface area (Å²) in [6, 6.07) is -1.03. The number of hydrogen-bond donors (Lipinski definition) is 6. The van der Waals surface area contributed by atoms with Gasteiger partial charge in [0, 0.05) is 6.42 Å². The van der Waals surface area contributed by atoms with Gasteiger partial charge in [0.25, 0.3) is 0 Å². The van der Waals surface area contributed by atoms with Crippen LogP contribution in [-0.4, -0.2) is 99.6 Å². The molecule has 0 spiro atoms. The normalized spacial score (nSPS) is 19.1. The van der Waals surface area contributed by atoms with Crippen LogP contribution in [0.15, 0.2) is 85.1 Å². The van der Waals surface area contributed by atoms with Crippen LogP contribution in [0, 0.1) is 0 Å². The highest BCUT2D eigenvalue weighted by molar-refractivity contribution is 5.80. The number of carbonyl (C=O) groups is 2. The molecule has 11 heteroatoms. The Morgan fingerprint density at radius 3 is 1.30 bits per heavy atom. The molecule has 1 amide bonds. The number of carbonyl (C=O) groups excluding carboxylic acids is 2. The highest BCUT2D eigenvalue weighted by Gasteiger charge is 2.47. The average Bonchev–Trinajstić information content (AvgIpc) is 3.55. The lowest BCUT2D eigenvalue weighted by atomic mass is 9.99. The Kier molecular flexibility index (Phi) is 55.5. The molecule has 0 aromatic heterocycles. The van der Waals surface area contributed by atoms with Gasteiger partial charge in [-0.15, -0.1) is 0 Å². The Hall–Kier alpha value is -3.16. The number of aliphatic hydroxyl groups excluding tert-OH is 5. The molecular formula is C72H127NO10. The van der Waals surface area contributed by atoms with Crippen molar-refractivity contribution < 1.29 is 49.3 Å². The van der Waals surface area contributed by atoms with Gasteiger partial charge < -0.3 is 45.1 Å². The van der Waals surface area contributed by atoms with Crippen molar-refractivity contribution in [2.75, 3.05) is 13.2 Å². The van der Waals surface area contributed by atoms with Gasteiger partial charge in [-0.05, 0) is 77.0 Å². The number of amides is 1. The molecule has 1 aliphatic rings. The fourth-order valence-electron chi connectivity index (χ4n) is 10.4. The van der Waals surface area contributed by atoms with E-state index in [1.165, 1.54) is 135 Å². The van der Waals surface area contributed by atoms with Gasteiger partial charge in [0.15, 0.2) is 12.4 Å². The first-order valence-electron chi connectivity index (χ1n) is 34.4. The number of ether oxygens (including phenoxy) is 3. The van der Waals surface area contributed by atoms with E-state index in [2.05, 4.69) is 99.0 Å². The van der Waals surface area contributed by atoms with E-state index in [0.717, 1.165) is 116 Å². The van der Waals surface area contributed by atoms with Crippen LogP contribution in [0.4, 0.5) is 0 Å². The van der Waals surface area contributed by atoms with E-state index in [9.17, 15) is 35.1 Å². The standard InChI is InChI=1S/C72H127NO10/c1-4-7-10-13-16-19-22-25-27-28-29-30-31-32-33-34-35-36-37-39-41-44-47-50-53-56-59-65(76)71(80)73-63(64(75)58-55-52-49-46-43-40-24-21-18-15-12-9-6-3)62-81-72-70(69(79)68(78)66(61-74)82-72)83-67(77)60-57-54-51-48-45-42-38-26-23-20-17-14-11-8-5-2/h7,10,16,19,25,27,29-30,32-33,35-36,55,58,63-66,68-70,72,74-76,78-79H,4-6,8-9,11-15,17-18,20-24,26,28,31,34,37-54,56-57,59-62H2,1-3H3,(H,73,80)/b10-7-,19-16-,27-25-,30-29-,33-32-,36-35-,58-55+. The van der Waals surface area contributed by atoms with E-state index in [-0.39, 0.29) is 19.4 Å². The summed E-state index contributed by atoms with van der Waals surface area (Å²) in [4.78, 5) is 26.6. The highest BCUT2D eigenvalue weighted by Crippen LogP contribution is 2.26. The molecule has 83 heavy (non-hydrogen) atoms. The molecule has 1 heterocycles. The zero-order valence-corrected chi connectivity index (χ0v) is 53.3. The minimum atomic E-state index is -1.62. The molecule has 1 aliphatic heterocycles. The Morgan fingerprint density at radius 2 is 0.867 bits per heavy atom. The summed E-state index contributed by atoms with van der Waals surface area (Å²) >= 11 is 0. The Balaban J connectivity index is 2.62. The van der Waals surface area contributed by atoms with Crippen molar-refractivity contribution in [1.29, 1.82) is 0 Å². The van der Waals surface area contributed by atoms with E-state index in [4.69, 9.17) is 14.2 Å². The SMILES string of the molecule is CC/C=C\C/C=C\C/C=C\C/C=C\C/C=C\C/C=C\CCCCCCCCCC(O)C(=O)NC(COC1OC(CO)C(O)C(O)C1OC(=O)CCCCCCCCCCCCCCCCC)C(O)/C=C/CCCCCCCCCCCCC. The van der Waals surface area contributed by atoms with Gasteiger partial charge in [-0.3, -0.25) is 9.59 Å². The molecule has 0 aliphatic carbocycles. The van der Waals surface area contributed by atoms with Crippen LogP contribution in [0.5, 0.6) is 0 Å². The molecule has 0 aromatic rings. The Morgan fingerprint density at radius 1 is 0.482 bits per heavy atom. The lowest BCUT2D eigenvalue weighted by molar-refractivity contribution is -0.305. The van der Waals surface area contributed by atoms with Gasteiger partial charge in [0.1, 0.15) is 24.4 Å². The van der Waals surface area contributed by atoms with Crippen molar-refractivity contribution in [3.8, 4) is 0 Å². The summed E-state index contributed by atoms with van der Waals surface area (Å²) < 4.78 is 17.7. The maximum Gasteiger partial charge on any atom is 0.306 e. The van der Waals surface area contributed by atoms with Crippen LogP contribution in [0.25, 0.3) is 0 Å². The first-order chi connectivity index (χ1) is 40.7. The van der Waals surface area contributed by atoms with Crippen LogP contribution in [-0.2, 0) is 23.8 Å². The molecule has 0 bridgehead atoms. The second kappa shape index (κ2) is 59.2. The van der Waals surface area contributed by atoms with E-state index >= 15 is 0 Å². The van der Waals surface area contributed by atoms with E-state index in [0.29, 0.717) is 12.8 Å². The number of esters is 1. The first kappa shape index (κ1) is 77.9. The molecule has 0 radical (unpaired) electrons. The van der Waals surface area contributed by atoms with Crippen LogP contribution >= 0.6 is 0 Å². The van der Waals surface area contributed by atoms with Crippen molar-refractivity contribution >= 4 is 11.9 Å². The molecule has 0 saturated carbocycles. The fourth-order valence-corrected chi connectivity index (χ4v) is 10.4. The molecule has 480 valence electrons. The largest absolute Gasteiger partial charge is 0.454 e. The van der Waals surface area contributed by atoms with Crippen LogP contribution < -0.4 is 5.32 Å². The number of allylic oxidation sites excluding steroid dienone is 13. The number of rotatable bonds is 58. The van der Waals surface area contributed by atoms with Crippen molar-refractivity contribution in [2.24, 2.45) is 0 Å². The summed E-state index contributed by atoms with van der Waals surface area (Å²) in [6.45, 7) is 5.69. The lowest BCUT2D eigenvalue weighted by Gasteiger charge is -2.41. The highest BCUT2D eigenvalue weighted by atomic mass is 16.7. The fraction of sp³-hybridized carbons (Fsp3) is 0.778. The average molecular weight is 1170 g/mol. The minimum absolute atomic E-state index is 0.124. The second-order valence-corrected chi connectivity index (χ2v) is 23.5. The molecule has 1 saturated heterocycles. The Labute approximate surface area is 508 Å². The molecule has 8 unspecified atom stereocenters. The van der Waals surface area contributed by atoms with E-state index < -0.39 is 67.4 Å². The molecule has 6 N–H and O–H groups in total. The molecule has 0 aromatic carbocycles. The zero-order valence-electron chi connectivity index (χ0n) is 53.3. The van der Waals surface area contributed by atoms with Crippen molar-refractivity contribution in [3.63, 3.8) is 0 Å². The number of unbranched alkanes of at least 4 members (excludes halogenated alkanes) is 32. The summed E-state index contributed by atoms with van der Waals surface area (Å²) in [5.41, 5.74) is 0. The molecule has 1 rings (SSSR count). The zero-order chi connectivity index (χ0) is 60.3. The van der Waals surface area contributed by atoms with E-state index in [1.54, 1.807) is 6.08 Å². The lowest BCUT2D eigenvalue weighted by Crippen LogP contribution is -2.61.